The molecule has 0 amide bonds. The maximum Gasteiger partial charge on any atom is 0.133 e. The molecule has 1 aromatic rings. The van der Waals surface area contributed by atoms with Crippen molar-refractivity contribution in [1.29, 1.82) is 0 Å². The number of pyridine rings is 1. The summed E-state index contributed by atoms with van der Waals surface area (Å²) < 4.78 is 0. The van der Waals surface area contributed by atoms with E-state index in [9.17, 15) is 0 Å². The first-order valence-electron chi connectivity index (χ1n) is 5.40. The zero-order chi connectivity index (χ0) is 10.8. The molecule has 4 heteroatoms. The van der Waals surface area contributed by atoms with Crippen LogP contribution in [0.15, 0.2) is 12.1 Å². The van der Waals surface area contributed by atoms with Gasteiger partial charge in [0, 0.05) is 24.3 Å². The van der Waals surface area contributed by atoms with Crippen molar-refractivity contribution in [2.75, 3.05) is 17.2 Å². The summed E-state index contributed by atoms with van der Waals surface area (Å²) >= 11 is 5.90. The summed E-state index contributed by atoms with van der Waals surface area (Å²) in [5, 5.41) is 0.478. The summed E-state index contributed by atoms with van der Waals surface area (Å²) in [7, 11) is 0. The Labute approximate surface area is 95.2 Å². The first-order valence-corrected chi connectivity index (χ1v) is 5.78. The van der Waals surface area contributed by atoms with Gasteiger partial charge in [0.2, 0.25) is 0 Å². The summed E-state index contributed by atoms with van der Waals surface area (Å²) in [6, 6.07) is 4.18. The highest BCUT2D eigenvalue weighted by Gasteiger charge is 2.24. The second-order valence-electron chi connectivity index (χ2n) is 3.98. The van der Waals surface area contributed by atoms with E-state index in [-0.39, 0.29) is 0 Å². The number of nitrogen functional groups attached to an aromatic ring is 1. The largest absolute Gasteiger partial charge is 0.399 e. The Hall–Kier alpha value is -0.960. The Bertz CT molecular complexity index is 333. The second kappa shape index (κ2) is 4.27. The highest BCUT2D eigenvalue weighted by Crippen LogP contribution is 2.28. The molecule has 0 radical (unpaired) electrons. The molecular formula is C11H16ClN3. The molecule has 15 heavy (non-hydrogen) atoms. The standard InChI is InChI=1S/C11H16ClN3/c1-2-9-4-3-5-15(9)11-7-8(13)6-10(12)14-11/h6-7,9H,2-5H2,1H3,(H2,13,14). The summed E-state index contributed by atoms with van der Waals surface area (Å²) in [6.07, 6.45) is 3.62. The molecule has 0 spiro atoms. The molecule has 1 fully saturated rings. The molecule has 0 bridgehead atoms. The van der Waals surface area contributed by atoms with Crippen LogP contribution in [0.5, 0.6) is 0 Å². The van der Waals surface area contributed by atoms with E-state index in [0.717, 1.165) is 18.8 Å². The van der Waals surface area contributed by atoms with E-state index in [4.69, 9.17) is 17.3 Å². The van der Waals surface area contributed by atoms with Crippen molar-refractivity contribution in [2.24, 2.45) is 0 Å². The zero-order valence-corrected chi connectivity index (χ0v) is 9.67. The number of halogens is 1. The minimum absolute atomic E-state index is 0.478. The zero-order valence-electron chi connectivity index (χ0n) is 8.91. The Morgan fingerprint density at radius 1 is 1.60 bits per heavy atom. The number of nitrogens with two attached hydrogens (primary N) is 1. The third-order valence-corrected chi connectivity index (χ3v) is 3.14. The maximum atomic E-state index is 5.90. The van der Waals surface area contributed by atoms with Crippen LogP contribution in [0.2, 0.25) is 5.15 Å². The van der Waals surface area contributed by atoms with Crippen LogP contribution in [-0.2, 0) is 0 Å². The molecule has 1 aliphatic rings. The van der Waals surface area contributed by atoms with Crippen LogP contribution in [0, 0.1) is 0 Å². The van der Waals surface area contributed by atoms with Gasteiger partial charge in [0.25, 0.3) is 0 Å². The van der Waals surface area contributed by atoms with Gasteiger partial charge in [-0.2, -0.15) is 0 Å². The average molecular weight is 226 g/mol. The number of rotatable bonds is 2. The molecule has 1 atom stereocenters. The Morgan fingerprint density at radius 2 is 2.40 bits per heavy atom. The van der Waals surface area contributed by atoms with Crippen molar-refractivity contribution >= 4 is 23.1 Å². The molecule has 1 aromatic heterocycles. The van der Waals surface area contributed by atoms with Crippen LogP contribution in [0.1, 0.15) is 26.2 Å². The SMILES string of the molecule is CCC1CCCN1c1cc(N)cc(Cl)n1. The maximum absolute atomic E-state index is 5.90. The average Bonchev–Trinajstić information content (AvgIpc) is 2.63. The summed E-state index contributed by atoms with van der Waals surface area (Å²) in [6.45, 7) is 3.27. The molecule has 2 heterocycles. The van der Waals surface area contributed by atoms with Gasteiger partial charge in [-0.15, -0.1) is 0 Å². The monoisotopic (exact) mass is 225 g/mol. The quantitative estimate of drug-likeness (QED) is 0.787. The second-order valence-corrected chi connectivity index (χ2v) is 4.37. The van der Waals surface area contributed by atoms with E-state index in [2.05, 4.69) is 16.8 Å². The number of aromatic nitrogens is 1. The molecule has 82 valence electrons. The van der Waals surface area contributed by atoms with Gasteiger partial charge in [0.15, 0.2) is 0 Å². The van der Waals surface area contributed by atoms with E-state index in [1.165, 1.54) is 12.8 Å². The molecule has 1 saturated heterocycles. The third kappa shape index (κ3) is 2.17. The number of hydrogen-bond donors (Lipinski definition) is 1. The summed E-state index contributed by atoms with van der Waals surface area (Å²) in [5.41, 5.74) is 6.45. The fourth-order valence-electron chi connectivity index (χ4n) is 2.21. The van der Waals surface area contributed by atoms with Gasteiger partial charge in [-0.05, 0) is 25.3 Å². The van der Waals surface area contributed by atoms with E-state index in [1.807, 2.05) is 6.07 Å². The number of anilines is 2. The predicted molar refractivity (Wildman–Crippen MR) is 64.3 cm³/mol. The normalized spacial score (nSPS) is 20.9. The summed E-state index contributed by atoms with van der Waals surface area (Å²) in [4.78, 5) is 6.63. The van der Waals surface area contributed by atoms with E-state index >= 15 is 0 Å². The van der Waals surface area contributed by atoms with Gasteiger partial charge in [0.1, 0.15) is 11.0 Å². The van der Waals surface area contributed by atoms with Crippen LogP contribution in [0.4, 0.5) is 11.5 Å². The number of nitrogens with zero attached hydrogens (tertiary/aromatic N) is 2. The lowest BCUT2D eigenvalue weighted by Crippen LogP contribution is -2.29. The third-order valence-electron chi connectivity index (χ3n) is 2.95. The van der Waals surface area contributed by atoms with Gasteiger partial charge in [-0.3, -0.25) is 0 Å². The lowest BCUT2D eigenvalue weighted by atomic mass is 10.2. The lowest BCUT2D eigenvalue weighted by Gasteiger charge is -2.24. The Morgan fingerprint density at radius 3 is 3.07 bits per heavy atom. The van der Waals surface area contributed by atoms with E-state index in [0.29, 0.717) is 16.9 Å². The van der Waals surface area contributed by atoms with Crippen LogP contribution in [0.3, 0.4) is 0 Å². The Kier molecular flexibility index (Phi) is 3.00. The van der Waals surface area contributed by atoms with Crippen molar-refractivity contribution in [3.63, 3.8) is 0 Å². The van der Waals surface area contributed by atoms with Gasteiger partial charge >= 0.3 is 0 Å². The van der Waals surface area contributed by atoms with Crippen molar-refractivity contribution in [3.8, 4) is 0 Å². The summed E-state index contributed by atoms with van der Waals surface area (Å²) in [5.74, 6) is 0.921. The van der Waals surface area contributed by atoms with Crippen molar-refractivity contribution in [3.05, 3.63) is 17.3 Å². The van der Waals surface area contributed by atoms with Crippen LogP contribution < -0.4 is 10.6 Å². The van der Waals surface area contributed by atoms with E-state index < -0.39 is 0 Å². The molecule has 0 saturated carbocycles. The van der Waals surface area contributed by atoms with Gasteiger partial charge in [-0.1, -0.05) is 18.5 Å². The predicted octanol–water partition coefficient (Wildman–Crippen LogP) is 2.70. The van der Waals surface area contributed by atoms with Crippen LogP contribution in [0.25, 0.3) is 0 Å². The van der Waals surface area contributed by atoms with Crippen LogP contribution >= 0.6 is 11.6 Å². The molecule has 1 aliphatic heterocycles. The lowest BCUT2D eigenvalue weighted by molar-refractivity contribution is 0.641. The Balaban J connectivity index is 2.28. The molecule has 1 unspecified atom stereocenters. The van der Waals surface area contributed by atoms with Crippen molar-refractivity contribution < 1.29 is 0 Å². The van der Waals surface area contributed by atoms with E-state index in [1.54, 1.807) is 6.07 Å². The molecule has 0 aliphatic carbocycles. The number of hydrogen-bond acceptors (Lipinski definition) is 3. The molecule has 0 aromatic carbocycles. The molecule has 2 N–H and O–H groups in total. The minimum atomic E-state index is 0.478. The smallest absolute Gasteiger partial charge is 0.133 e. The molecule has 2 rings (SSSR count). The van der Waals surface area contributed by atoms with Gasteiger partial charge < -0.3 is 10.6 Å². The fraction of sp³-hybridized carbons (Fsp3) is 0.545. The minimum Gasteiger partial charge on any atom is -0.399 e. The fourth-order valence-corrected chi connectivity index (χ4v) is 2.42. The van der Waals surface area contributed by atoms with Crippen LogP contribution in [-0.4, -0.2) is 17.6 Å². The van der Waals surface area contributed by atoms with Gasteiger partial charge in [-0.25, -0.2) is 4.98 Å². The first kappa shape index (κ1) is 10.6. The van der Waals surface area contributed by atoms with Crippen molar-refractivity contribution in [1.82, 2.24) is 4.98 Å². The topological polar surface area (TPSA) is 42.1 Å². The first-order chi connectivity index (χ1) is 7.20. The molecular weight excluding hydrogens is 210 g/mol. The molecule has 3 nitrogen and oxygen atoms in total. The highest BCUT2D eigenvalue weighted by molar-refractivity contribution is 6.29. The van der Waals surface area contributed by atoms with Gasteiger partial charge in [0.05, 0.1) is 0 Å². The highest BCUT2D eigenvalue weighted by atomic mass is 35.5. The van der Waals surface area contributed by atoms with Crippen molar-refractivity contribution in [2.45, 2.75) is 32.2 Å².